The zero-order valence-electron chi connectivity index (χ0n) is 10.4. The highest BCUT2D eigenvalue weighted by Gasteiger charge is 2.36. The van der Waals surface area contributed by atoms with E-state index in [1.807, 2.05) is 4.90 Å². The molecule has 0 spiro atoms. The van der Waals surface area contributed by atoms with E-state index in [1.54, 1.807) is 6.07 Å². The van der Waals surface area contributed by atoms with Crippen LogP contribution in [-0.4, -0.2) is 18.1 Å². The lowest BCUT2D eigenvalue weighted by molar-refractivity contribution is -0.141. The predicted octanol–water partition coefficient (Wildman–Crippen LogP) is 3.50. The van der Waals surface area contributed by atoms with Crippen molar-refractivity contribution in [1.29, 1.82) is 0 Å². The summed E-state index contributed by atoms with van der Waals surface area (Å²) in [6.45, 7) is 1.62. The molecule has 0 saturated carbocycles. The lowest BCUT2D eigenvalue weighted by atomic mass is 9.86. The van der Waals surface area contributed by atoms with Crippen LogP contribution in [0.3, 0.4) is 0 Å². The minimum Gasteiger partial charge on any atom is -0.356 e. The Labute approximate surface area is 109 Å². The fraction of sp³-hybridized carbons (Fsp3) is 0.500. The molecule has 0 aromatic carbocycles. The monoisotopic (exact) mass is 268 g/mol. The Morgan fingerprint density at radius 2 is 1.68 bits per heavy atom. The summed E-state index contributed by atoms with van der Waals surface area (Å²) in [5.41, 5.74) is -0.807. The minimum atomic E-state index is -4.37. The maximum absolute atomic E-state index is 12.7. The summed E-state index contributed by atoms with van der Waals surface area (Å²) in [6, 6.07) is 4.12. The molecule has 1 aromatic heterocycles. The molecule has 1 aliphatic carbocycles. The van der Waals surface area contributed by atoms with Crippen LogP contribution in [0, 0.1) is 11.8 Å². The van der Waals surface area contributed by atoms with E-state index < -0.39 is 11.9 Å². The molecule has 2 nitrogen and oxygen atoms in total. The number of halogens is 3. The molecule has 102 valence electrons. The van der Waals surface area contributed by atoms with Crippen LogP contribution in [0.2, 0.25) is 0 Å². The standard InChI is InChI=1S/C14H15F3N2/c15-14(16,17)12-6-3-7-13(18-12)19-8-10-4-1-2-5-11(10)9-19/h1-3,6-7,10-11H,4-5,8-9H2. The van der Waals surface area contributed by atoms with Crippen molar-refractivity contribution in [3.05, 3.63) is 36.0 Å². The summed E-state index contributed by atoms with van der Waals surface area (Å²) in [7, 11) is 0. The van der Waals surface area contributed by atoms with Crippen LogP contribution in [0.25, 0.3) is 0 Å². The molecule has 1 saturated heterocycles. The quantitative estimate of drug-likeness (QED) is 0.725. The SMILES string of the molecule is FC(F)(F)c1cccc(N2CC3CC=CCC3C2)n1. The number of allylic oxidation sites excluding steroid dienone is 2. The number of aromatic nitrogens is 1. The van der Waals surface area contributed by atoms with Gasteiger partial charge in [0.2, 0.25) is 0 Å². The fourth-order valence-electron chi connectivity index (χ4n) is 2.96. The molecule has 3 rings (SSSR count). The van der Waals surface area contributed by atoms with Gasteiger partial charge in [-0.15, -0.1) is 0 Å². The van der Waals surface area contributed by atoms with Crippen molar-refractivity contribution in [2.45, 2.75) is 19.0 Å². The molecule has 0 amide bonds. The van der Waals surface area contributed by atoms with Crippen molar-refractivity contribution in [3.63, 3.8) is 0 Å². The molecule has 1 fully saturated rings. The molecule has 2 aliphatic rings. The van der Waals surface area contributed by atoms with E-state index in [2.05, 4.69) is 17.1 Å². The topological polar surface area (TPSA) is 16.1 Å². The van der Waals surface area contributed by atoms with Gasteiger partial charge in [0.15, 0.2) is 0 Å². The first-order valence-electron chi connectivity index (χ1n) is 6.48. The van der Waals surface area contributed by atoms with Gasteiger partial charge in [0, 0.05) is 13.1 Å². The lowest BCUT2D eigenvalue weighted by Crippen LogP contribution is -2.22. The van der Waals surface area contributed by atoms with E-state index >= 15 is 0 Å². The van der Waals surface area contributed by atoms with Crippen molar-refractivity contribution in [3.8, 4) is 0 Å². The maximum atomic E-state index is 12.7. The summed E-state index contributed by atoms with van der Waals surface area (Å²) < 4.78 is 38.0. The minimum absolute atomic E-state index is 0.448. The number of hydrogen-bond acceptors (Lipinski definition) is 2. The van der Waals surface area contributed by atoms with Crippen molar-refractivity contribution in [1.82, 2.24) is 4.98 Å². The third-order valence-electron chi connectivity index (χ3n) is 3.97. The lowest BCUT2D eigenvalue weighted by Gasteiger charge is -2.18. The number of rotatable bonds is 1. The first kappa shape index (κ1) is 12.5. The van der Waals surface area contributed by atoms with Crippen molar-refractivity contribution in [2.75, 3.05) is 18.0 Å². The summed E-state index contributed by atoms with van der Waals surface area (Å²) >= 11 is 0. The second kappa shape index (κ2) is 4.54. The molecular weight excluding hydrogens is 253 g/mol. The second-order valence-electron chi connectivity index (χ2n) is 5.25. The van der Waals surface area contributed by atoms with Crippen molar-refractivity contribution in [2.24, 2.45) is 11.8 Å². The van der Waals surface area contributed by atoms with Gasteiger partial charge in [0.05, 0.1) is 0 Å². The number of alkyl halides is 3. The first-order chi connectivity index (χ1) is 9.04. The fourth-order valence-corrected chi connectivity index (χ4v) is 2.96. The molecule has 2 unspecified atom stereocenters. The molecule has 0 N–H and O–H groups in total. The van der Waals surface area contributed by atoms with Crippen LogP contribution in [-0.2, 0) is 6.18 Å². The van der Waals surface area contributed by atoms with Crippen LogP contribution >= 0.6 is 0 Å². The van der Waals surface area contributed by atoms with Crippen molar-refractivity contribution < 1.29 is 13.2 Å². The number of nitrogens with zero attached hydrogens (tertiary/aromatic N) is 2. The molecule has 5 heteroatoms. The number of anilines is 1. The smallest absolute Gasteiger partial charge is 0.356 e. The van der Waals surface area contributed by atoms with Gasteiger partial charge in [-0.1, -0.05) is 18.2 Å². The highest BCUT2D eigenvalue weighted by Crippen LogP contribution is 2.36. The van der Waals surface area contributed by atoms with Gasteiger partial charge in [-0.05, 0) is 36.8 Å². The molecule has 2 heterocycles. The Morgan fingerprint density at radius 1 is 1.05 bits per heavy atom. The molecule has 1 aromatic rings. The van der Waals surface area contributed by atoms with Gasteiger partial charge < -0.3 is 4.90 Å². The number of fused-ring (bicyclic) bond motifs is 1. The number of hydrogen-bond donors (Lipinski definition) is 0. The summed E-state index contributed by atoms with van der Waals surface area (Å²) in [6.07, 6.45) is 2.03. The Hall–Kier alpha value is -1.52. The molecule has 0 bridgehead atoms. The van der Waals surface area contributed by atoms with Crippen LogP contribution in [0.15, 0.2) is 30.4 Å². The Morgan fingerprint density at radius 3 is 2.26 bits per heavy atom. The summed E-state index contributed by atoms with van der Waals surface area (Å²) in [4.78, 5) is 5.75. The highest BCUT2D eigenvalue weighted by molar-refractivity contribution is 5.41. The predicted molar refractivity (Wildman–Crippen MR) is 66.8 cm³/mol. The number of pyridine rings is 1. The van der Waals surface area contributed by atoms with E-state index in [0.717, 1.165) is 32.0 Å². The zero-order chi connectivity index (χ0) is 13.5. The van der Waals surface area contributed by atoms with Gasteiger partial charge in [-0.3, -0.25) is 0 Å². The average molecular weight is 268 g/mol. The second-order valence-corrected chi connectivity index (χ2v) is 5.25. The van der Waals surface area contributed by atoms with Crippen LogP contribution in [0.5, 0.6) is 0 Å². The zero-order valence-corrected chi connectivity index (χ0v) is 10.4. The molecule has 19 heavy (non-hydrogen) atoms. The molecule has 2 atom stereocenters. The van der Waals surface area contributed by atoms with E-state index in [-0.39, 0.29) is 0 Å². The van der Waals surface area contributed by atoms with Gasteiger partial charge in [0.1, 0.15) is 11.5 Å². The average Bonchev–Trinajstić information content (AvgIpc) is 2.81. The summed E-state index contributed by atoms with van der Waals surface area (Å²) in [5, 5.41) is 0. The van der Waals surface area contributed by atoms with Gasteiger partial charge in [-0.2, -0.15) is 13.2 Å². The van der Waals surface area contributed by atoms with E-state index in [0.29, 0.717) is 17.7 Å². The Balaban J connectivity index is 1.80. The molecule has 1 aliphatic heterocycles. The van der Waals surface area contributed by atoms with Crippen molar-refractivity contribution >= 4 is 5.82 Å². The Kier molecular flexibility index (Phi) is 2.99. The first-order valence-corrected chi connectivity index (χ1v) is 6.48. The largest absolute Gasteiger partial charge is 0.433 e. The van der Waals surface area contributed by atoms with Gasteiger partial charge >= 0.3 is 6.18 Å². The van der Waals surface area contributed by atoms with Gasteiger partial charge in [0.25, 0.3) is 0 Å². The van der Waals surface area contributed by atoms with E-state index in [4.69, 9.17) is 0 Å². The third kappa shape index (κ3) is 2.46. The van der Waals surface area contributed by atoms with Gasteiger partial charge in [-0.25, -0.2) is 4.98 Å². The van der Waals surface area contributed by atoms with E-state index in [1.165, 1.54) is 6.07 Å². The summed E-state index contributed by atoms with van der Waals surface area (Å²) in [5.74, 6) is 1.56. The Bertz CT molecular complexity index is 480. The maximum Gasteiger partial charge on any atom is 0.433 e. The normalized spacial score (nSPS) is 26.6. The highest BCUT2D eigenvalue weighted by atomic mass is 19.4. The van der Waals surface area contributed by atoms with Crippen LogP contribution < -0.4 is 4.90 Å². The van der Waals surface area contributed by atoms with Crippen LogP contribution in [0.4, 0.5) is 19.0 Å². The molecule has 0 radical (unpaired) electrons. The molecular formula is C14H15F3N2. The van der Waals surface area contributed by atoms with Crippen LogP contribution in [0.1, 0.15) is 18.5 Å². The van der Waals surface area contributed by atoms with E-state index in [9.17, 15) is 13.2 Å². The third-order valence-corrected chi connectivity index (χ3v) is 3.97.